The molecule has 4 unspecified atom stereocenters. The van der Waals surface area contributed by atoms with Gasteiger partial charge in [0.25, 0.3) is 0 Å². The van der Waals surface area contributed by atoms with Crippen LogP contribution in [0.15, 0.2) is 22.7 Å². The minimum absolute atomic E-state index is 0.0925. The van der Waals surface area contributed by atoms with Crippen molar-refractivity contribution in [1.82, 2.24) is 0 Å². The highest BCUT2D eigenvalue weighted by molar-refractivity contribution is 9.10. The fraction of sp³-hybridized carbons (Fsp3) is 0.600. The van der Waals surface area contributed by atoms with Crippen LogP contribution in [0.1, 0.15) is 43.7 Å². The van der Waals surface area contributed by atoms with Crippen LogP contribution in [0.25, 0.3) is 0 Å². The van der Waals surface area contributed by atoms with Crippen LogP contribution in [0.4, 0.5) is 0 Å². The maximum Gasteiger partial charge on any atom is 0.0464 e. The molecule has 1 nitrogen and oxygen atoms in total. The molecule has 0 spiro atoms. The molecule has 3 rings (SSSR count). The molecule has 0 aliphatic heterocycles. The van der Waals surface area contributed by atoms with Crippen LogP contribution in [0.3, 0.4) is 0 Å². The van der Waals surface area contributed by atoms with Gasteiger partial charge in [-0.05, 0) is 61.1 Å². The second-order valence-corrected chi connectivity index (χ2v) is 7.27. The van der Waals surface area contributed by atoms with E-state index in [1.165, 1.54) is 25.7 Å². The van der Waals surface area contributed by atoms with E-state index >= 15 is 0 Å². The molecule has 1 aromatic carbocycles. The molecule has 2 fully saturated rings. The van der Waals surface area contributed by atoms with Gasteiger partial charge in [-0.3, -0.25) is 0 Å². The van der Waals surface area contributed by atoms with Crippen LogP contribution >= 0.6 is 27.5 Å². The Labute approximate surface area is 122 Å². The first-order valence-corrected chi connectivity index (χ1v) is 8.01. The molecule has 3 heteroatoms. The standard InChI is InChI=1S/C15H19BrClN/c16-12-3-4-13(14(17)8-12)15(18)7-11-6-9-1-2-10(11)5-9/h3-4,8-11,15H,1-2,5-7,18H2. The zero-order valence-corrected chi connectivity index (χ0v) is 12.8. The Morgan fingerprint density at radius 3 is 2.78 bits per heavy atom. The molecule has 2 saturated carbocycles. The third kappa shape index (κ3) is 2.48. The predicted molar refractivity (Wildman–Crippen MR) is 79.6 cm³/mol. The van der Waals surface area contributed by atoms with Crippen molar-refractivity contribution < 1.29 is 0 Å². The molecule has 0 saturated heterocycles. The van der Waals surface area contributed by atoms with Crippen molar-refractivity contribution in [3.63, 3.8) is 0 Å². The minimum atomic E-state index is 0.0925. The van der Waals surface area contributed by atoms with Gasteiger partial charge in [-0.15, -0.1) is 0 Å². The van der Waals surface area contributed by atoms with Crippen LogP contribution in [-0.2, 0) is 0 Å². The lowest BCUT2D eigenvalue weighted by Gasteiger charge is -2.25. The molecule has 98 valence electrons. The highest BCUT2D eigenvalue weighted by Crippen LogP contribution is 2.50. The average molecular weight is 329 g/mol. The minimum Gasteiger partial charge on any atom is -0.324 e. The van der Waals surface area contributed by atoms with Crippen molar-refractivity contribution in [3.8, 4) is 0 Å². The summed E-state index contributed by atoms with van der Waals surface area (Å²) in [5.41, 5.74) is 7.46. The van der Waals surface area contributed by atoms with Gasteiger partial charge in [0.2, 0.25) is 0 Å². The second kappa shape index (κ2) is 5.15. The molecule has 0 heterocycles. The van der Waals surface area contributed by atoms with Gasteiger partial charge in [-0.2, -0.15) is 0 Å². The number of hydrogen-bond donors (Lipinski definition) is 1. The van der Waals surface area contributed by atoms with Crippen molar-refractivity contribution in [1.29, 1.82) is 0 Å². The summed E-state index contributed by atoms with van der Waals surface area (Å²) in [6.07, 6.45) is 6.83. The molecule has 2 bridgehead atoms. The summed E-state index contributed by atoms with van der Waals surface area (Å²) in [6, 6.07) is 6.12. The Morgan fingerprint density at radius 1 is 1.33 bits per heavy atom. The Morgan fingerprint density at radius 2 is 2.17 bits per heavy atom. The van der Waals surface area contributed by atoms with Crippen molar-refractivity contribution in [3.05, 3.63) is 33.3 Å². The van der Waals surface area contributed by atoms with Crippen LogP contribution in [0.5, 0.6) is 0 Å². The quantitative estimate of drug-likeness (QED) is 0.836. The fourth-order valence-electron chi connectivity index (χ4n) is 3.92. The van der Waals surface area contributed by atoms with Crippen molar-refractivity contribution >= 4 is 27.5 Å². The van der Waals surface area contributed by atoms with E-state index in [9.17, 15) is 0 Å². The molecule has 0 aromatic heterocycles. The number of fused-ring (bicyclic) bond motifs is 2. The zero-order chi connectivity index (χ0) is 12.7. The van der Waals surface area contributed by atoms with Crippen LogP contribution in [-0.4, -0.2) is 0 Å². The summed E-state index contributed by atoms with van der Waals surface area (Å²) >= 11 is 9.71. The Bertz CT molecular complexity index is 448. The molecule has 2 aliphatic carbocycles. The van der Waals surface area contributed by atoms with Gasteiger partial charge in [0.1, 0.15) is 0 Å². The van der Waals surface area contributed by atoms with Crippen molar-refractivity contribution in [2.45, 2.75) is 38.1 Å². The highest BCUT2D eigenvalue weighted by Gasteiger charge is 2.39. The molecule has 1 aromatic rings. The first-order chi connectivity index (χ1) is 8.63. The Balaban J connectivity index is 1.69. The summed E-state index contributed by atoms with van der Waals surface area (Å²) in [5, 5.41) is 0.792. The summed E-state index contributed by atoms with van der Waals surface area (Å²) in [5.74, 6) is 2.77. The molecule has 0 radical (unpaired) electrons. The van der Waals surface area contributed by atoms with Crippen molar-refractivity contribution in [2.24, 2.45) is 23.5 Å². The number of hydrogen-bond acceptors (Lipinski definition) is 1. The third-order valence-electron chi connectivity index (χ3n) is 4.80. The van der Waals surface area contributed by atoms with E-state index in [1.807, 2.05) is 12.1 Å². The molecule has 2 aliphatic rings. The van der Waals surface area contributed by atoms with Gasteiger partial charge in [-0.1, -0.05) is 40.0 Å². The van der Waals surface area contributed by atoms with Crippen molar-refractivity contribution in [2.75, 3.05) is 0 Å². The summed E-state index contributed by atoms with van der Waals surface area (Å²) < 4.78 is 1.02. The lowest BCUT2D eigenvalue weighted by Crippen LogP contribution is -2.19. The maximum atomic E-state index is 6.36. The smallest absolute Gasteiger partial charge is 0.0464 e. The van der Waals surface area contributed by atoms with Crippen LogP contribution in [0, 0.1) is 17.8 Å². The third-order valence-corrected chi connectivity index (χ3v) is 5.62. The number of nitrogens with two attached hydrogens (primary N) is 1. The molecule has 2 N–H and O–H groups in total. The topological polar surface area (TPSA) is 26.0 Å². The summed E-state index contributed by atoms with van der Waals surface area (Å²) in [4.78, 5) is 0. The van der Waals surface area contributed by atoms with Gasteiger partial charge in [0.05, 0.1) is 0 Å². The lowest BCUT2D eigenvalue weighted by molar-refractivity contribution is 0.296. The summed E-state index contributed by atoms with van der Waals surface area (Å²) in [6.45, 7) is 0. The van der Waals surface area contributed by atoms with Gasteiger partial charge < -0.3 is 5.73 Å². The van der Waals surface area contributed by atoms with E-state index < -0.39 is 0 Å². The van der Waals surface area contributed by atoms with Gasteiger partial charge >= 0.3 is 0 Å². The molecular weight excluding hydrogens is 310 g/mol. The van der Waals surface area contributed by atoms with Gasteiger partial charge in [-0.25, -0.2) is 0 Å². The van der Waals surface area contributed by atoms with E-state index in [0.29, 0.717) is 0 Å². The highest BCUT2D eigenvalue weighted by atomic mass is 79.9. The van der Waals surface area contributed by atoms with E-state index in [0.717, 1.165) is 39.2 Å². The maximum absolute atomic E-state index is 6.36. The molecule has 4 atom stereocenters. The molecule has 18 heavy (non-hydrogen) atoms. The second-order valence-electron chi connectivity index (χ2n) is 5.94. The van der Waals surface area contributed by atoms with Crippen LogP contribution < -0.4 is 5.73 Å². The van der Waals surface area contributed by atoms with E-state index in [1.54, 1.807) is 0 Å². The molecule has 0 amide bonds. The van der Waals surface area contributed by atoms with E-state index in [2.05, 4.69) is 22.0 Å². The SMILES string of the molecule is NC(CC1CC2CCC1C2)c1ccc(Br)cc1Cl. The summed E-state index contributed by atoms with van der Waals surface area (Å²) in [7, 11) is 0. The largest absolute Gasteiger partial charge is 0.324 e. The number of benzene rings is 1. The number of halogens is 2. The van der Waals surface area contributed by atoms with E-state index in [4.69, 9.17) is 17.3 Å². The first kappa shape index (κ1) is 13.0. The lowest BCUT2D eigenvalue weighted by atomic mass is 9.83. The number of rotatable bonds is 3. The van der Waals surface area contributed by atoms with Gasteiger partial charge in [0.15, 0.2) is 0 Å². The molecular formula is C15H19BrClN. The van der Waals surface area contributed by atoms with Gasteiger partial charge in [0, 0.05) is 15.5 Å². The zero-order valence-electron chi connectivity index (χ0n) is 10.4. The Kier molecular flexibility index (Phi) is 3.70. The fourth-order valence-corrected chi connectivity index (χ4v) is 4.73. The average Bonchev–Trinajstić information content (AvgIpc) is 2.90. The monoisotopic (exact) mass is 327 g/mol. The first-order valence-electron chi connectivity index (χ1n) is 6.84. The van der Waals surface area contributed by atoms with E-state index in [-0.39, 0.29) is 6.04 Å². The Hall–Kier alpha value is -0.0500. The normalized spacial score (nSPS) is 31.8. The predicted octanol–water partition coefficient (Wildman–Crippen LogP) is 4.93. The van der Waals surface area contributed by atoms with Crippen LogP contribution in [0.2, 0.25) is 5.02 Å².